The number of benzene rings is 1. The Labute approximate surface area is 97.9 Å². The Bertz CT molecular complexity index is 379. The molecule has 0 radical (unpaired) electrons. The van der Waals surface area contributed by atoms with Crippen molar-refractivity contribution >= 4 is 5.78 Å². The van der Waals surface area contributed by atoms with Crippen LogP contribution in [0.3, 0.4) is 0 Å². The van der Waals surface area contributed by atoms with E-state index in [1.165, 1.54) is 17.5 Å². The third-order valence-corrected chi connectivity index (χ3v) is 3.55. The second-order valence-corrected chi connectivity index (χ2v) is 5.05. The highest BCUT2D eigenvalue weighted by Gasteiger charge is 2.25. The molecule has 16 heavy (non-hydrogen) atoms. The van der Waals surface area contributed by atoms with Crippen LogP contribution in [0.5, 0.6) is 0 Å². The van der Waals surface area contributed by atoms with Crippen molar-refractivity contribution in [1.82, 2.24) is 0 Å². The number of ketones is 1. The second kappa shape index (κ2) is 4.82. The Morgan fingerprint density at radius 3 is 2.62 bits per heavy atom. The summed E-state index contributed by atoms with van der Waals surface area (Å²) in [5.74, 6) is 1.12. The van der Waals surface area contributed by atoms with Crippen LogP contribution in [0.4, 0.5) is 0 Å². The zero-order valence-electron chi connectivity index (χ0n) is 10.2. The molecule has 1 aromatic rings. The van der Waals surface area contributed by atoms with E-state index in [4.69, 9.17) is 0 Å². The third-order valence-electron chi connectivity index (χ3n) is 3.55. The van der Waals surface area contributed by atoms with E-state index in [0.717, 1.165) is 19.3 Å². The maximum Gasteiger partial charge on any atom is 0.140 e. The summed E-state index contributed by atoms with van der Waals surface area (Å²) in [6.07, 6.45) is 4.10. The fraction of sp³-hybridized carbons (Fsp3) is 0.533. The van der Waals surface area contributed by atoms with E-state index in [1.807, 2.05) is 0 Å². The SMILES string of the molecule is CC(C)c1ccccc1C1CCCCC1=O. The standard InChI is InChI=1S/C15H20O/c1-11(2)12-7-3-4-8-13(12)14-9-5-6-10-15(14)16/h3-4,7-8,11,14H,5-6,9-10H2,1-2H3. The molecule has 0 saturated heterocycles. The minimum atomic E-state index is 0.173. The van der Waals surface area contributed by atoms with Gasteiger partial charge in [-0.1, -0.05) is 44.5 Å². The highest BCUT2D eigenvalue weighted by atomic mass is 16.1. The molecule has 0 aromatic heterocycles. The molecule has 0 spiro atoms. The van der Waals surface area contributed by atoms with E-state index in [2.05, 4.69) is 38.1 Å². The summed E-state index contributed by atoms with van der Waals surface area (Å²) in [6.45, 7) is 4.40. The molecule has 0 N–H and O–H groups in total. The van der Waals surface area contributed by atoms with Gasteiger partial charge in [0.2, 0.25) is 0 Å². The molecule has 0 amide bonds. The summed E-state index contributed by atoms with van der Waals surface area (Å²) >= 11 is 0. The van der Waals surface area contributed by atoms with Crippen molar-refractivity contribution in [2.45, 2.75) is 51.4 Å². The van der Waals surface area contributed by atoms with Gasteiger partial charge in [-0.15, -0.1) is 0 Å². The summed E-state index contributed by atoms with van der Waals surface area (Å²) in [4.78, 5) is 12.0. The zero-order valence-corrected chi connectivity index (χ0v) is 10.2. The highest BCUT2D eigenvalue weighted by Crippen LogP contribution is 2.34. The van der Waals surface area contributed by atoms with Crippen LogP contribution >= 0.6 is 0 Å². The minimum absolute atomic E-state index is 0.173. The summed E-state index contributed by atoms with van der Waals surface area (Å²) in [7, 11) is 0. The van der Waals surface area contributed by atoms with E-state index in [9.17, 15) is 4.79 Å². The molecule has 0 aliphatic heterocycles. The number of hydrogen-bond donors (Lipinski definition) is 0. The molecule has 1 nitrogen and oxygen atoms in total. The van der Waals surface area contributed by atoms with E-state index in [1.54, 1.807) is 0 Å². The van der Waals surface area contributed by atoms with Gasteiger partial charge in [0.15, 0.2) is 0 Å². The number of rotatable bonds is 2. The lowest BCUT2D eigenvalue weighted by atomic mass is 9.79. The molecular formula is C15H20O. The van der Waals surface area contributed by atoms with Gasteiger partial charge in [0.1, 0.15) is 5.78 Å². The molecule has 1 saturated carbocycles. The first kappa shape index (κ1) is 11.4. The number of hydrogen-bond acceptors (Lipinski definition) is 1. The number of Topliss-reactive ketones (excluding diaryl/α,β-unsaturated/α-hetero) is 1. The molecule has 1 aliphatic carbocycles. The quantitative estimate of drug-likeness (QED) is 0.729. The van der Waals surface area contributed by atoms with E-state index < -0.39 is 0 Å². The van der Waals surface area contributed by atoms with Crippen LogP contribution in [0.1, 0.15) is 62.5 Å². The Morgan fingerprint density at radius 1 is 1.19 bits per heavy atom. The van der Waals surface area contributed by atoms with Gasteiger partial charge in [0, 0.05) is 12.3 Å². The largest absolute Gasteiger partial charge is 0.299 e. The molecule has 1 aromatic carbocycles. The minimum Gasteiger partial charge on any atom is -0.299 e. The summed E-state index contributed by atoms with van der Waals surface area (Å²) in [5.41, 5.74) is 2.63. The van der Waals surface area contributed by atoms with Crippen molar-refractivity contribution in [3.8, 4) is 0 Å². The lowest BCUT2D eigenvalue weighted by Gasteiger charge is -2.24. The van der Waals surface area contributed by atoms with Crippen molar-refractivity contribution in [1.29, 1.82) is 0 Å². The molecule has 1 unspecified atom stereocenters. The summed E-state index contributed by atoms with van der Waals surface area (Å²) < 4.78 is 0. The maximum atomic E-state index is 12.0. The smallest absolute Gasteiger partial charge is 0.140 e. The average Bonchev–Trinajstić information content (AvgIpc) is 2.29. The molecule has 0 heterocycles. The monoisotopic (exact) mass is 216 g/mol. The molecular weight excluding hydrogens is 196 g/mol. The normalized spacial score (nSPS) is 21.4. The Balaban J connectivity index is 2.34. The van der Waals surface area contributed by atoms with Crippen LogP contribution in [0.2, 0.25) is 0 Å². The summed E-state index contributed by atoms with van der Waals surface area (Å²) in [6, 6.07) is 8.44. The molecule has 2 rings (SSSR count). The predicted octanol–water partition coefficient (Wildman–Crippen LogP) is 4.04. The van der Waals surface area contributed by atoms with Gasteiger partial charge in [0.25, 0.3) is 0 Å². The van der Waals surface area contributed by atoms with E-state index in [0.29, 0.717) is 11.7 Å². The number of carbonyl (C=O) groups is 1. The first-order valence-electron chi connectivity index (χ1n) is 6.31. The molecule has 1 aliphatic rings. The average molecular weight is 216 g/mol. The van der Waals surface area contributed by atoms with E-state index >= 15 is 0 Å². The second-order valence-electron chi connectivity index (χ2n) is 5.05. The van der Waals surface area contributed by atoms with Crippen LogP contribution in [-0.4, -0.2) is 5.78 Å². The van der Waals surface area contributed by atoms with Gasteiger partial charge < -0.3 is 0 Å². The van der Waals surface area contributed by atoms with Gasteiger partial charge in [-0.2, -0.15) is 0 Å². The third kappa shape index (κ3) is 2.18. The van der Waals surface area contributed by atoms with E-state index in [-0.39, 0.29) is 5.92 Å². The van der Waals surface area contributed by atoms with Crippen molar-refractivity contribution in [2.75, 3.05) is 0 Å². The molecule has 86 valence electrons. The first-order chi connectivity index (χ1) is 7.70. The van der Waals surface area contributed by atoms with Crippen LogP contribution in [0, 0.1) is 0 Å². The lowest BCUT2D eigenvalue weighted by Crippen LogP contribution is -2.18. The fourth-order valence-corrected chi connectivity index (χ4v) is 2.67. The summed E-state index contributed by atoms with van der Waals surface area (Å²) in [5, 5.41) is 0. The Kier molecular flexibility index (Phi) is 3.42. The van der Waals surface area contributed by atoms with Crippen LogP contribution < -0.4 is 0 Å². The van der Waals surface area contributed by atoms with Gasteiger partial charge in [0.05, 0.1) is 0 Å². The molecule has 1 heteroatoms. The van der Waals surface area contributed by atoms with Crippen molar-refractivity contribution in [3.63, 3.8) is 0 Å². The van der Waals surface area contributed by atoms with Crippen LogP contribution in [0.25, 0.3) is 0 Å². The van der Waals surface area contributed by atoms with Crippen molar-refractivity contribution in [2.24, 2.45) is 0 Å². The highest BCUT2D eigenvalue weighted by molar-refractivity contribution is 5.86. The molecule has 1 fully saturated rings. The van der Waals surface area contributed by atoms with Crippen LogP contribution in [-0.2, 0) is 4.79 Å². The Morgan fingerprint density at radius 2 is 1.94 bits per heavy atom. The fourth-order valence-electron chi connectivity index (χ4n) is 2.67. The van der Waals surface area contributed by atoms with Crippen molar-refractivity contribution < 1.29 is 4.79 Å². The van der Waals surface area contributed by atoms with Gasteiger partial charge in [-0.25, -0.2) is 0 Å². The maximum absolute atomic E-state index is 12.0. The van der Waals surface area contributed by atoms with Gasteiger partial charge in [-0.3, -0.25) is 4.79 Å². The van der Waals surface area contributed by atoms with Gasteiger partial charge in [-0.05, 0) is 29.9 Å². The topological polar surface area (TPSA) is 17.1 Å². The number of carbonyl (C=O) groups excluding carboxylic acids is 1. The Hall–Kier alpha value is -1.11. The predicted molar refractivity (Wildman–Crippen MR) is 66.7 cm³/mol. The lowest BCUT2D eigenvalue weighted by molar-refractivity contribution is -0.121. The van der Waals surface area contributed by atoms with Crippen LogP contribution in [0.15, 0.2) is 24.3 Å². The van der Waals surface area contributed by atoms with Crippen molar-refractivity contribution in [3.05, 3.63) is 35.4 Å². The molecule has 0 bridgehead atoms. The van der Waals surface area contributed by atoms with Gasteiger partial charge >= 0.3 is 0 Å². The zero-order chi connectivity index (χ0) is 11.5. The molecule has 1 atom stereocenters. The first-order valence-corrected chi connectivity index (χ1v) is 6.31.